The van der Waals surface area contributed by atoms with Crippen molar-refractivity contribution in [2.24, 2.45) is 5.92 Å². The van der Waals surface area contributed by atoms with Gasteiger partial charge < -0.3 is 10.6 Å². The van der Waals surface area contributed by atoms with E-state index < -0.39 is 0 Å². The van der Waals surface area contributed by atoms with Crippen LogP contribution in [0.25, 0.3) is 0 Å². The zero-order valence-corrected chi connectivity index (χ0v) is 11.7. The molecule has 0 unspecified atom stereocenters. The third-order valence-corrected chi connectivity index (χ3v) is 4.07. The number of halogens is 1. The molecule has 1 aliphatic heterocycles. The Morgan fingerprint density at radius 2 is 2.29 bits per heavy atom. The fourth-order valence-electron chi connectivity index (χ4n) is 1.62. The summed E-state index contributed by atoms with van der Waals surface area (Å²) in [6, 6.07) is 0. The average molecular weight is 276 g/mol. The number of thiazole rings is 1. The molecule has 2 N–H and O–H groups in total. The Labute approximate surface area is 112 Å². The summed E-state index contributed by atoms with van der Waals surface area (Å²) < 4.78 is 0. The summed E-state index contributed by atoms with van der Waals surface area (Å²) in [5.74, 6) is 0.629. The van der Waals surface area contributed by atoms with Gasteiger partial charge in [-0.3, -0.25) is 4.79 Å². The molecular formula is C11H18ClN3OS. The van der Waals surface area contributed by atoms with Crippen molar-refractivity contribution in [1.82, 2.24) is 15.6 Å². The zero-order valence-electron chi connectivity index (χ0n) is 10.1. The molecule has 1 saturated heterocycles. The van der Waals surface area contributed by atoms with Gasteiger partial charge in [-0.15, -0.1) is 23.7 Å². The highest BCUT2D eigenvalue weighted by molar-refractivity contribution is 7.13. The summed E-state index contributed by atoms with van der Waals surface area (Å²) in [5, 5.41) is 7.19. The molecule has 4 nitrogen and oxygen atoms in total. The van der Waals surface area contributed by atoms with Crippen LogP contribution >= 0.6 is 23.7 Å². The topological polar surface area (TPSA) is 54.0 Å². The average Bonchev–Trinajstić information content (AvgIpc) is 2.57. The van der Waals surface area contributed by atoms with Crippen LogP contribution in [0.3, 0.4) is 0 Å². The van der Waals surface area contributed by atoms with Crippen molar-refractivity contribution in [2.75, 3.05) is 19.6 Å². The van der Waals surface area contributed by atoms with E-state index in [9.17, 15) is 4.79 Å². The number of carbonyl (C=O) groups is 1. The molecular weight excluding hydrogens is 258 g/mol. The molecule has 1 aromatic heterocycles. The van der Waals surface area contributed by atoms with Gasteiger partial charge in [-0.25, -0.2) is 4.98 Å². The van der Waals surface area contributed by atoms with E-state index in [1.165, 1.54) is 11.3 Å². The molecule has 2 heterocycles. The Morgan fingerprint density at radius 3 is 2.76 bits per heavy atom. The van der Waals surface area contributed by atoms with Crippen LogP contribution in [0.5, 0.6) is 0 Å². The minimum absolute atomic E-state index is 0. The van der Waals surface area contributed by atoms with Crippen molar-refractivity contribution in [3.63, 3.8) is 0 Å². The fraction of sp³-hybridized carbons (Fsp3) is 0.636. The first-order valence-corrected chi connectivity index (χ1v) is 6.47. The Morgan fingerprint density at radius 1 is 1.59 bits per heavy atom. The molecule has 0 bridgehead atoms. The van der Waals surface area contributed by atoms with Crippen LogP contribution in [0, 0.1) is 12.8 Å². The van der Waals surface area contributed by atoms with E-state index in [0.29, 0.717) is 5.92 Å². The Balaban J connectivity index is 0.00000144. The largest absolute Gasteiger partial charge is 0.351 e. The first-order chi connectivity index (χ1) is 7.70. The smallest absolute Gasteiger partial charge is 0.263 e. The number of nitrogens with one attached hydrogen (secondary N) is 2. The summed E-state index contributed by atoms with van der Waals surface area (Å²) in [6.07, 6.45) is 0.894. The second-order valence-corrected chi connectivity index (χ2v) is 5.19. The van der Waals surface area contributed by atoms with Crippen LogP contribution in [0.2, 0.25) is 0 Å². The van der Waals surface area contributed by atoms with Gasteiger partial charge >= 0.3 is 0 Å². The normalized spacial score (nSPS) is 14.9. The Kier molecular flexibility index (Phi) is 5.36. The molecule has 1 aromatic rings. The number of carbonyl (C=O) groups excluding carboxylic acids is 1. The van der Waals surface area contributed by atoms with Crippen molar-refractivity contribution >= 4 is 29.7 Å². The fourth-order valence-corrected chi connectivity index (χ4v) is 2.55. The first kappa shape index (κ1) is 14.4. The zero-order chi connectivity index (χ0) is 11.5. The lowest BCUT2D eigenvalue weighted by molar-refractivity contribution is 0.0945. The molecule has 0 saturated carbocycles. The minimum Gasteiger partial charge on any atom is -0.351 e. The Hall–Kier alpha value is -0.650. The van der Waals surface area contributed by atoms with E-state index >= 15 is 0 Å². The number of aryl methyl sites for hydroxylation is 2. The summed E-state index contributed by atoms with van der Waals surface area (Å²) in [4.78, 5) is 17.0. The van der Waals surface area contributed by atoms with E-state index in [2.05, 4.69) is 22.5 Å². The number of hydrogen-bond acceptors (Lipinski definition) is 4. The molecule has 6 heteroatoms. The van der Waals surface area contributed by atoms with E-state index in [-0.39, 0.29) is 18.3 Å². The molecule has 96 valence electrons. The molecule has 1 aliphatic rings. The van der Waals surface area contributed by atoms with Gasteiger partial charge in [0, 0.05) is 25.6 Å². The van der Waals surface area contributed by atoms with Gasteiger partial charge in [0.2, 0.25) is 0 Å². The van der Waals surface area contributed by atoms with Crippen LogP contribution in [-0.2, 0) is 6.42 Å². The second kappa shape index (κ2) is 6.33. The third-order valence-electron chi connectivity index (χ3n) is 2.77. The predicted octanol–water partition coefficient (Wildman–Crippen LogP) is 1.38. The predicted molar refractivity (Wildman–Crippen MR) is 72.2 cm³/mol. The highest BCUT2D eigenvalue weighted by Gasteiger charge is 2.19. The molecule has 2 rings (SSSR count). The monoisotopic (exact) mass is 275 g/mol. The number of hydrogen-bond donors (Lipinski definition) is 2. The van der Waals surface area contributed by atoms with Gasteiger partial charge in [-0.1, -0.05) is 6.92 Å². The molecule has 0 spiro atoms. The molecule has 0 radical (unpaired) electrons. The molecule has 0 atom stereocenters. The van der Waals surface area contributed by atoms with Crippen LogP contribution in [-0.4, -0.2) is 30.5 Å². The van der Waals surface area contributed by atoms with Crippen molar-refractivity contribution in [1.29, 1.82) is 0 Å². The summed E-state index contributed by atoms with van der Waals surface area (Å²) in [5.41, 5.74) is 0.853. The van der Waals surface area contributed by atoms with Gasteiger partial charge in [-0.05, 0) is 13.3 Å². The molecule has 0 aliphatic carbocycles. The molecule has 1 fully saturated rings. The third kappa shape index (κ3) is 3.40. The lowest BCUT2D eigenvalue weighted by atomic mass is 10.0. The van der Waals surface area contributed by atoms with Crippen LogP contribution in [0.1, 0.15) is 27.3 Å². The van der Waals surface area contributed by atoms with Gasteiger partial charge in [0.15, 0.2) is 0 Å². The van der Waals surface area contributed by atoms with E-state index in [4.69, 9.17) is 0 Å². The standard InChI is InChI=1S/C11H17N3OS.ClH/c1-3-9-14-7(2)10(16-9)11(15)13-6-8-4-12-5-8;/h8,12H,3-6H2,1-2H3,(H,13,15);1H. The molecule has 0 aromatic carbocycles. The lowest BCUT2D eigenvalue weighted by Gasteiger charge is -2.26. The highest BCUT2D eigenvalue weighted by Crippen LogP contribution is 2.18. The summed E-state index contributed by atoms with van der Waals surface area (Å²) >= 11 is 1.51. The molecule has 17 heavy (non-hydrogen) atoms. The van der Waals surface area contributed by atoms with Crippen LogP contribution in [0.15, 0.2) is 0 Å². The highest BCUT2D eigenvalue weighted by atomic mass is 35.5. The maximum atomic E-state index is 11.9. The van der Waals surface area contributed by atoms with Crippen molar-refractivity contribution < 1.29 is 4.79 Å². The Bertz CT molecular complexity index is 390. The van der Waals surface area contributed by atoms with Crippen LogP contribution in [0.4, 0.5) is 0 Å². The summed E-state index contributed by atoms with van der Waals surface area (Å²) in [6.45, 7) is 6.75. The maximum absolute atomic E-state index is 11.9. The van der Waals surface area contributed by atoms with Crippen molar-refractivity contribution in [2.45, 2.75) is 20.3 Å². The van der Waals surface area contributed by atoms with E-state index in [1.807, 2.05) is 6.92 Å². The van der Waals surface area contributed by atoms with Crippen LogP contribution < -0.4 is 10.6 Å². The lowest BCUT2D eigenvalue weighted by Crippen LogP contribution is -2.48. The van der Waals surface area contributed by atoms with Gasteiger partial charge in [0.05, 0.1) is 10.7 Å². The molecule has 1 amide bonds. The van der Waals surface area contributed by atoms with E-state index in [1.54, 1.807) is 0 Å². The van der Waals surface area contributed by atoms with Gasteiger partial charge in [0.25, 0.3) is 5.91 Å². The number of nitrogens with zero attached hydrogens (tertiary/aromatic N) is 1. The second-order valence-electron chi connectivity index (χ2n) is 4.11. The first-order valence-electron chi connectivity index (χ1n) is 5.66. The minimum atomic E-state index is 0. The van der Waals surface area contributed by atoms with E-state index in [0.717, 1.165) is 41.6 Å². The quantitative estimate of drug-likeness (QED) is 0.873. The van der Waals surface area contributed by atoms with Crippen molar-refractivity contribution in [3.05, 3.63) is 15.6 Å². The van der Waals surface area contributed by atoms with Crippen molar-refractivity contribution in [3.8, 4) is 0 Å². The van der Waals surface area contributed by atoms with Gasteiger partial charge in [-0.2, -0.15) is 0 Å². The maximum Gasteiger partial charge on any atom is 0.263 e. The number of rotatable bonds is 4. The number of amides is 1. The van der Waals surface area contributed by atoms with Gasteiger partial charge in [0.1, 0.15) is 4.88 Å². The summed E-state index contributed by atoms with van der Waals surface area (Å²) in [7, 11) is 0. The number of aromatic nitrogens is 1. The SMILES string of the molecule is CCc1nc(C)c(C(=O)NCC2CNC2)s1.Cl.